The molecule has 0 radical (unpaired) electrons. The van der Waals surface area contributed by atoms with Crippen LogP contribution in [0.1, 0.15) is 44.6 Å². The lowest BCUT2D eigenvalue weighted by molar-refractivity contribution is -0.150. The molecule has 7 nitrogen and oxygen atoms in total. The summed E-state index contributed by atoms with van der Waals surface area (Å²) in [4.78, 5) is 24.4. The Morgan fingerprint density at radius 1 is 1.21 bits per heavy atom. The number of nitrogens with zero attached hydrogens (tertiary/aromatic N) is 1. The molecule has 148 valence electrons. The van der Waals surface area contributed by atoms with Crippen LogP contribution in [0.25, 0.3) is 6.08 Å². The van der Waals surface area contributed by atoms with E-state index in [0.717, 1.165) is 24.8 Å². The molecule has 1 amide bonds. The van der Waals surface area contributed by atoms with Gasteiger partial charge in [-0.2, -0.15) is 5.26 Å². The molecule has 1 aromatic rings. The number of benzene rings is 1. The fourth-order valence-corrected chi connectivity index (χ4v) is 3.35. The van der Waals surface area contributed by atoms with E-state index in [1.54, 1.807) is 24.3 Å². The Kier molecular flexibility index (Phi) is 6.19. The normalized spacial score (nSPS) is 18.7. The highest BCUT2D eigenvalue weighted by molar-refractivity contribution is 5.90. The molecular weight excluding hydrogens is 360 g/mol. The summed E-state index contributed by atoms with van der Waals surface area (Å²) in [5, 5.41) is 12.2. The lowest BCUT2D eigenvalue weighted by Crippen LogP contribution is -2.52. The fourth-order valence-electron chi connectivity index (χ4n) is 3.35. The molecule has 0 bridgehead atoms. The monoisotopic (exact) mass is 384 g/mol. The molecule has 28 heavy (non-hydrogen) atoms. The van der Waals surface area contributed by atoms with E-state index in [0.29, 0.717) is 37.6 Å². The van der Waals surface area contributed by atoms with Gasteiger partial charge in [0.15, 0.2) is 17.6 Å². The summed E-state index contributed by atoms with van der Waals surface area (Å²) in [7, 11) is 0. The van der Waals surface area contributed by atoms with Crippen LogP contribution in [0.15, 0.2) is 24.3 Å². The van der Waals surface area contributed by atoms with Gasteiger partial charge in [-0.1, -0.05) is 25.3 Å². The molecule has 3 rings (SSSR count). The Bertz CT molecular complexity index is 806. The van der Waals surface area contributed by atoms with Crippen molar-refractivity contribution in [2.75, 3.05) is 13.2 Å². The minimum atomic E-state index is -0.982. The van der Waals surface area contributed by atoms with Gasteiger partial charge < -0.3 is 19.5 Å². The van der Waals surface area contributed by atoms with Gasteiger partial charge in [0, 0.05) is 6.08 Å². The van der Waals surface area contributed by atoms with Gasteiger partial charge >= 0.3 is 5.97 Å². The maximum absolute atomic E-state index is 12.4. The second-order valence-electron chi connectivity index (χ2n) is 7.06. The maximum Gasteiger partial charge on any atom is 0.331 e. The molecule has 1 N–H and O–H groups in total. The lowest BCUT2D eigenvalue weighted by Gasteiger charge is -2.32. The van der Waals surface area contributed by atoms with E-state index >= 15 is 0 Å². The van der Waals surface area contributed by atoms with Crippen molar-refractivity contribution in [2.45, 2.75) is 50.7 Å². The number of nitriles is 1. The molecule has 2 aliphatic rings. The van der Waals surface area contributed by atoms with Crippen molar-refractivity contribution in [3.05, 3.63) is 29.8 Å². The van der Waals surface area contributed by atoms with E-state index in [1.807, 2.05) is 0 Å². The van der Waals surface area contributed by atoms with Crippen LogP contribution in [0.4, 0.5) is 0 Å². The van der Waals surface area contributed by atoms with E-state index in [4.69, 9.17) is 14.2 Å². The van der Waals surface area contributed by atoms with Crippen LogP contribution in [0.5, 0.6) is 11.5 Å². The SMILES string of the molecule is C[C@H](OC(=O)/C=C/c1ccc2c(c1)OCCO2)C(=O)NC1(C#N)CCCCC1. The first kappa shape index (κ1) is 19.7. The van der Waals surface area contributed by atoms with Crippen molar-refractivity contribution in [3.8, 4) is 17.6 Å². The molecule has 1 heterocycles. The predicted octanol–water partition coefficient (Wildman–Crippen LogP) is 2.75. The van der Waals surface area contributed by atoms with Crippen LogP contribution in [0.3, 0.4) is 0 Å². The molecule has 7 heteroatoms. The molecule has 1 fully saturated rings. The maximum atomic E-state index is 12.4. The molecule has 1 aliphatic heterocycles. The quantitative estimate of drug-likeness (QED) is 0.619. The summed E-state index contributed by atoms with van der Waals surface area (Å²) in [6.45, 7) is 2.50. The van der Waals surface area contributed by atoms with Gasteiger partial charge in [0.1, 0.15) is 18.8 Å². The van der Waals surface area contributed by atoms with E-state index in [9.17, 15) is 14.9 Å². The average molecular weight is 384 g/mol. The Hall–Kier alpha value is -3.01. The van der Waals surface area contributed by atoms with Crippen molar-refractivity contribution in [1.29, 1.82) is 5.26 Å². The van der Waals surface area contributed by atoms with Gasteiger partial charge in [0.2, 0.25) is 0 Å². The molecular formula is C21H24N2O5. The van der Waals surface area contributed by atoms with Gasteiger partial charge in [-0.3, -0.25) is 4.79 Å². The number of carbonyl (C=O) groups excluding carboxylic acids is 2. The number of ether oxygens (including phenoxy) is 3. The van der Waals surface area contributed by atoms with Crippen LogP contribution in [0, 0.1) is 11.3 Å². The Balaban J connectivity index is 1.54. The molecule has 1 atom stereocenters. The highest BCUT2D eigenvalue weighted by atomic mass is 16.6. The first-order valence-electron chi connectivity index (χ1n) is 9.53. The third kappa shape index (κ3) is 4.83. The minimum Gasteiger partial charge on any atom is -0.486 e. The fraction of sp³-hybridized carbons (Fsp3) is 0.476. The largest absolute Gasteiger partial charge is 0.486 e. The van der Waals surface area contributed by atoms with Gasteiger partial charge in [0.05, 0.1) is 6.07 Å². The van der Waals surface area contributed by atoms with Crippen molar-refractivity contribution < 1.29 is 23.8 Å². The molecule has 0 spiro atoms. The highest BCUT2D eigenvalue weighted by Gasteiger charge is 2.35. The Morgan fingerprint density at radius 3 is 2.64 bits per heavy atom. The average Bonchev–Trinajstić information content (AvgIpc) is 2.72. The minimum absolute atomic E-state index is 0.454. The predicted molar refractivity (Wildman–Crippen MR) is 102 cm³/mol. The van der Waals surface area contributed by atoms with Gasteiger partial charge in [-0.25, -0.2) is 4.79 Å². The number of carbonyl (C=O) groups is 2. The summed E-state index contributed by atoms with van der Waals surface area (Å²) in [6.07, 6.45) is 5.98. The van der Waals surface area contributed by atoms with E-state index in [1.165, 1.54) is 13.0 Å². The smallest absolute Gasteiger partial charge is 0.331 e. The molecule has 1 aromatic carbocycles. The summed E-state index contributed by atoms with van der Waals surface area (Å²) in [6, 6.07) is 7.57. The van der Waals surface area contributed by atoms with Gasteiger partial charge in [0.25, 0.3) is 5.91 Å². The number of esters is 1. The number of nitrogens with one attached hydrogen (secondary N) is 1. The zero-order chi connectivity index (χ0) is 20.0. The van der Waals surface area contributed by atoms with Crippen LogP contribution < -0.4 is 14.8 Å². The number of hydrogen-bond acceptors (Lipinski definition) is 6. The topological polar surface area (TPSA) is 97.7 Å². The van der Waals surface area contributed by atoms with Gasteiger partial charge in [-0.05, 0) is 43.5 Å². The Morgan fingerprint density at radius 2 is 1.93 bits per heavy atom. The van der Waals surface area contributed by atoms with Crippen LogP contribution in [-0.4, -0.2) is 36.7 Å². The second kappa shape index (κ2) is 8.79. The number of rotatable bonds is 5. The van der Waals surface area contributed by atoms with E-state index < -0.39 is 23.5 Å². The molecule has 1 saturated carbocycles. The van der Waals surface area contributed by atoms with Crippen molar-refractivity contribution in [2.24, 2.45) is 0 Å². The van der Waals surface area contributed by atoms with E-state index in [-0.39, 0.29) is 0 Å². The zero-order valence-corrected chi connectivity index (χ0v) is 15.9. The first-order chi connectivity index (χ1) is 13.5. The summed E-state index contributed by atoms with van der Waals surface area (Å²) in [5.74, 6) is 0.214. The summed E-state index contributed by atoms with van der Waals surface area (Å²) in [5.41, 5.74) is -0.0965. The van der Waals surface area contributed by atoms with Crippen LogP contribution >= 0.6 is 0 Å². The molecule has 0 saturated heterocycles. The standard InChI is InChI=1S/C21H24N2O5/c1-15(20(25)23-21(14-22)9-3-2-4-10-21)28-19(24)8-6-16-5-7-17-18(13-16)27-12-11-26-17/h5-8,13,15H,2-4,9-12H2,1H3,(H,23,25)/b8-6+/t15-/m0/s1. The zero-order valence-electron chi connectivity index (χ0n) is 15.9. The second-order valence-corrected chi connectivity index (χ2v) is 7.06. The van der Waals surface area contributed by atoms with Gasteiger partial charge in [-0.15, -0.1) is 0 Å². The lowest BCUT2D eigenvalue weighted by atomic mass is 9.83. The Labute approximate surface area is 164 Å². The summed E-state index contributed by atoms with van der Waals surface area (Å²) >= 11 is 0. The number of hydrogen-bond donors (Lipinski definition) is 1. The van der Waals surface area contributed by atoms with Crippen LogP contribution in [-0.2, 0) is 14.3 Å². The van der Waals surface area contributed by atoms with E-state index in [2.05, 4.69) is 11.4 Å². The number of fused-ring (bicyclic) bond motifs is 1. The molecule has 0 aromatic heterocycles. The summed E-state index contributed by atoms with van der Waals surface area (Å²) < 4.78 is 16.1. The van der Waals surface area contributed by atoms with Crippen molar-refractivity contribution in [1.82, 2.24) is 5.32 Å². The first-order valence-corrected chi connectivity index (χ1v) is 9.53. The van der Waals surface area contributed by atoms with Crippen molar-refractivity contribution >= 4 is 18.0 Å². The third-order valence-electron chi connectivity index (χ3n) is 4.92. The van der Waals surface area contributed by atoms with Crippen LogP contribution in [0.2, 0.25) is 0 Å². The highest BCUT2D eigenvalue weighted by Crippen LogP contribution is 2.31. The third-order valence-corrected chi connectivity index (χ3v) is 4.92. The van der Waals surface area contributed by atoms with Crippen molar-refractivity contribution in [3.63, 3.8) is 0 Å². The number of amides is 1. The molecule has 1 aliphatic carbocycles. The molecule has 0 unspecified atom stereocenters.